The van der Waals surface area contributed by atoms with E-state index in [0.717, 1.165) is 38.5 Å². The molecule has 0 radical (unpaired) electrons. The molecule has 4 aliphatic carbocycles. The average molecular weight is 347 g/mol. The first-order chi connectivity index (χ1) is 11.7. The van der Waals surface area contributed by atoms with Gasteiger partial charge in [-0.3, -0.25) is 9.59 Å². The van der Waals surface area contributed by atoms with Gasteiger partial charge in [0.1, 0.15) is 11.7 Å². The summed E-state index contributed by atoms with van der Waals surface area (Å²) in [7, 11) is 0. The number of epoxide rings is 1. The van der Waals surface area contributed by atoms with Gasteiger partial charge in [0.05, 0.1) is 12.0 Å². The molecule has 5 fully saturated rings. The fraction of sp³-hybridized carbons (Fsp3) is 0.900. The molecule has 1 saturated heterocycles. The number of carbonyl (C=O) groups is 2. The van der Waals surface area contributed by atoms with Gasteiger partial charge in [0, 0.05) is 5.41 Å². The van der Waals surface area contributed by atoms with Crippen molar-refractivity contribution in [1.82, 2.24) is 0 Å². The van der Waals surface area contributed by atoms with E-state index in [1.165, 1.54) is 0 Å². The molecule has 5 nitrogen and oxygen atoms in total. The van der Waals surface area contributed by atoms with E-state index >= 15 is 0 Å². The van der Waals surface area contributed by atoms with Crippen LogP contribution in [-0.4, -0.2) is 34.6 Å². The second kappa shape index (κ2) is 4.66. The highest BCUT2D eigenvalue weighted by atomic mass is 16.6. The van der Waals surface area contributed by atoms with Crippen molar-refractivity contribution >= 4 is 11.7 Å². The molecule has 25 heavy (non-hydrogen) atoms. The fourth-order valence-electron chi connectivity index (χ4n) is 7.79. The summed E-state index contributed by atoms with van der Waals surface area (Å²) in [5.74, 6) is 0.321. The monoisotopic (exact) mass is 347 g/mol. The van der Waals surface area contributed by atoms with Gasteiger partial charge >= 0.3 is 0 Å². The lowest BCUT2D eigenvalue weighted by atomic mass is 9.44. The maximum Gasteiger partial charge on any atom is 0.228 e. The van der Waals surface area contributed by atoms with Crippen molar-refractivity contribution in [2.24, 2.45) is 40.2 Å². The fourth-order valence-corrected chi connectivity index (χ4v) is 7.79. The Labute approximate surface area is 148 Å². The predicted molar refractivity (Wildman–Crippen MR) is 90.3 cm³/mol. The Morgan fingerprint density at radius 3 is 2.64 bits per heavy atom. The molecule has 4 saturated carbocycles. The highest BCUT2D eigenvalue weighted by molar-refractivity contribution is 6.05. The molecule has 9 atom stereocenters. The van der Waals surface area contributed by atoms with Crippen molar-refractivity contribution in [3.63, 3.8) is 0 Å². The molecule has 5 aliphatic rings. The van der Waals surface area contributed by atoms with E-state index in [0.29, 0.717) is 24.2 Å². The summed E-state index contributed by atoms with van der Waals surface area (Å²) in [4.78, 5) is 24.5. The number of rotatable bonds is 1. The first-order valence-corrected chi connectivity index (χ1v) is 9.93. The highest BCUT2D eigenvalue weighted by Gasteiger charge is 2.78. The molecular weight excluding hydrogens is 318 g/mol. The smallest absolute Gasteiger partial charge is 0.228 e. The molecule has 138 valence electrons. The topological polar surface area (TPSA) is 92.9 Å². The van der Waals surface area contributed by atoms with E-state index in [4.69, 9.17) is 10.5 Å². The minimum Gasteiger partial charge on any atom is -0.393 e. The lowest BCUT2D eigenvalue weighted by molar-refractivity contribution is -0.147. The molecule has 5 rings (SSSR count). The van der Waals surface area contributed by atoms with Crippen LogP contribution in [0.4, 0.5) is 0 Å². The third-order valence-corrected chi connectivity index (χ3v) is 9.29. The van der Waals surface area contributed by atoms with Gasteiger partial charge in [-0.1, -0.05) is 13.8 Å². The molecule has 0 aromatic rings. The molecule has 1 spiro atoms. The minimum atomic E-state index is -0.688. The molecule has 0 aromatic carbocycles. The molecular formula is C20H29NO4. The van der Waals surface area contributed by atoms with Crippen molar-refractivity contribution < 1.29 is 19.4 Å². The number of aliphatic hydroxyl groups is 1. The number of aliphatic hydroxyl groups excluding tert-OH is 1. The van der Waals surface area contributed by atoms with Crippen LogP contribution in [0.3, 0.4) is 0 Å². The van der Waals surface area contributed by atoms with Gasteiger partial charge in [0.2, 0.25) is 5.91 Å². The Morgan fingerprint density at radius 1 is 1.16 bits per heavy atom. The van der Waals surface area contributed by atoms with E-state index in [1.54, 1.807) is 0 Å². The number of carbonyl (C=O) groups excluding carboxylic acids is 2. The summed E-state index contributed by atoms with van der Waals surface area (Å²) in [5, 5.41) is 10.5. The van der Waals surface area contributed by atoms with Gasteiger partial charge in [-0.15, -0.1) is 0 Å². The lowest BCUT2D eigenvalue weighted by Crippen LogP contribution is -2.61. The zero-order valence-electron chi connectivity index (χ0n) is 15.2. The molecule has 1 amide bonds. The number of ketones is 1. The van der Waals surface area contributed by atoms with Gasteiger partial charge in [-0.05, 0) is 68.1 Å². The van der Waals surface area contributed by atoms with Crippen LogP contribution in [-0.2, 0) is 14.3 Å². The Morgan fingerprint density at radius 2 is 1.92 bits per heavy atom. The van der Waals surface area contributed by atoms with E-state index in [1.807, 2.05) is 0 Å². The summed E-state index contributed by atoms with van der Waals surface area (Å²) >= 11 is 0. The summed E-state index contributed by atoms with van der Waals surface area (Å²) in [6.45, 7) is 4.52. The average Bonchev–Trinajstić information content (AvgIpc) is 3.23. The summed E-state index contributed by atoms with van der Waals surface area (Å²) in [5.41, 5.74) is 5.11. The summed E-state index contributed by atoms with van der Waals surface area (Å²) in [6, 6.07) is 0. The number of fused-ring (bicyclic) bond motifs is 4. The van der Waals surface area contributed by atoms with Crippen molar-refractivity contribution in [3.8, 4) is 0 Å². The lowest BCUT2D eigenvalue weighted by Gasteiger charge is -2.59. The number of Topliss-reactive ketones (excluding diaryl/α,β-unsaturated/α-hetero) is 1. The van der Waals surface area contributed by atoms with E-state index in [-0.39, 0.29) is 28.3 Å². The number of nitrogens with two attached hydrogens (primary N) is 1. The van der Waals surface area contributed by atoms with Crippen LogP contribution in [0.1, 0.15) is 58.8 Å². The number of hydrogen-bond donors (Lipinski definition) is 2. The van der Waals surface area contributed by atoms with Crippen molar-refractivity contribution in [3.05, 3.63) is 0 Å². The van der Waals surface area contributed by atoms with E-state index in [9.17, 15) is 14.7 Å². The minimum absolute atomic E-state index is 0.0411. The third-order valence-electron chi connectivity index (χ3n) is 9.29. The van der Waals surface area contributed by atoms with Crippen LogP contribution in [0.15, 0.2) is 0 Å². The number of amides is 1. The van der Waals surface area contributed by atoms with E-state index < -0.39 is 17.9 Å². The summed E-state index contributed by atoms with van der Waals surface area (Å²) < 4.78 is 6.06. The van der Waals surface area contributed by atoms with Crippen molar-refractivity contribution in [1.29, 1.82) is 0 Å². The quantitative estimate of drug-likeness (QED) is 0.559. The molecule has 5 heteroatoms. The first-order valence-electron chi connectivity index (χ1n) is 9.93. The van der Waals surface area contributed by atoms with Crippen molar-refractivity contribution in [2.45, 2.75) is 76.6 Å². The predicted octanol–water partition coefficient (Wildman–Crippen LogP) is 1.80. The van der Waals surface area contributed by atoms with Gasteiger partial charge in [0.25, 0.3) is 0 Å². The van der Waals surface area contributed by atoms with Gasteiger partial charge < -0.3 is 15.6 Å². The second-order valence-electron chi connectivity index (χ2n) is 9.92. The van der Waals surface area contributed by atoms with Gasteiger partial charge in [0.15, 0.2) is 5.78 Å². The molecule has 1 aliphatic heterocycles. The second-order valence-corrected chi connectivity index (χ2v) is 9.92. The molecule has 5 unspecified atom stereocenters. The Balaban J connectivity index is 1.52. The maximum atomic E-state index is 12.6. The largest absolute Gasteiger partial charge is 0.393 e. The number of hydrogen-bond acceptors (Lipinski definition) is 4. The van der Waals surface area contributed by atoms with Gasteiger partial charge in [-0.2, -0.15) is 0 Å². The third kappa shape index (κ3) is 1.72. The number of ether oxygens (including phenoxy) is 1. The van der Waals surface area contributed by atoms with Crippen LogP contribution in [0, 0.1) is 34.5 Å². The Hall–Kier alpha value is -0.940. The van der Waals surface area contributed by atoms with Crippen LogP contribution in [0.2, 0.25) is 0 Å². The standard InChI is InChI=1S/C20H29NO4/c1-18-7-6-13-10(12(18)3-4-14(18)22)5-8-20-16(25-20)15(23)11(17(21)24)9-19(13,20)2/h10-14,16,22H,3-9H2,1-2H3,(H2,21,24)/t10?,11?,12?,13?,14-,16?,18-,19+,20-/m0/s1. The van der Waals surface area contributed by atoms with Crippen LogP contribution in [0.5, 0.6) is 0 Å². The zero-order valence-corrected chi connectivity index (χ0v) is 15.2. The highest BCUT2D eigenvalue weighted by Crippen LogP contribution is 2.72. The normalized spacial score (nSPS) is 59.4. The van der Waals surface area contributed by atoms with Crippen LogP contribution >= 0.6 is 0 Å². The van der Waals surface area contributed by atoms with Gasteiger partial charge in [-0.25, -0.2) is 0 Å². The van der Waals surface area contributed by atoms with Crippen LogP contribution in [0.25, 0.3) is 0 Å². The zero-order chi connectivity index (χ0) is 17.8. The maximum absolute atomic E-state index is 12.6. The molecule has 0 aromatic heterocycles. The summed E-state index contributed by atoms with van der Waals surface area (Å²) in [6.07, 6.45) is 6.05. The Kier molecular flexibility index (Phi) is 3.03. The molecule has 3 N–H and O–H groups in total. The van der Waals surface area contributed by atoms with Crippen molar-refractivity contribution in [2.75, 3.05) is 0 Å². The first kappa shape index (κ1) is 16.2. The SMILES string of the molecule is C[C@]12CCC3C(CC[C@]45OC4C(=O)C(C(N)=O)C[C@]35C)C1CC[C@@H]2O. The van der Waals surface area contributed by atoms with Crippen LogP contribution < -0.4 is 5.73 Å². The molecule has 0 bridgehead atoms. The Bertz CT molecular complexity index is 664. The molecule has 1 heterocycles. The van der Waals surface area contributed by atoms with E-state index in [2.05, 4.69) is 13.8 Å². The number of primary amides is 1.